The van der Waals surface area contributed by atoms with Crippen LogP contribution in [0.25, 0.3) is 17.2 Å². The summed E-state index contributed by atoms with van der Waals surface area (Å²) in [7, 11) is 0. The number of halogens is 1. The monoisotopic (exact) mass is 405 g/mol. The van der Waals surface area contributed by atoms with Gasteiger partial charge in [-0.3, -0.25) is 4.79 Å². The fraction of sp³-hybridized carbons (Fsp3) is 0.0833. The zero-order valence-corrected chi connectivity index (χ0v) is 16.6. The lowest BCUT2D eigenvalue weighted by molar-refractivity contribution is -0.131. The second-order valence-corrected chi connectivity index (χ2v) is 7.13. The Bertz CT molecular complexity index is 1050. The van der Waals surface area contributed by atoms with Gasteiger partial charge in [-0.15, -0.1) is 0 Å². The molecule has 0 saturated heterocycles. The SMILES string of the molecule is Cc1ccc(CNC(=O)c2cc(/C=C/C(=O)O)cc(-c3ccc(Cl)cc3)c2)cc1. The van der Waals surface area contributed by atoms with Crippen LogP contribution in [-0.2, 0) is 11.3 Å². The lowest BCUT2D eigenvalue weighted by Crippen LogP contribution is -2.22. The molecule has 29 heavy (non-hydrogen) atoms. The summed E-state index contributed by atoms with van der Waals surface area (Å²) in [5.74, 6) is -1.28. The number of carboxylic acid groups (broad SMARTS) is 1. The molecule has 0 radical (unpaired) electrons. The number of benzene rings is 3. The number of carboxylic acids is 1. The van der Waals surface area contributed by atoms with Gasteiger partial charge in [-0.1, -0.05) is 53.6 Å². The molecule has 2 N–H and O–H groups in total. The smallest absolute Gasteiger partial charge is 0.328 e. The number of hydrogen-bond acceptors (Lipinski definition) is 2. The Morgan fingerprint density at radius 3 is 2.31 bits per heavy atom. The van der Waals surface area contributed by atoms with E-state index >= 15 is 0 Å². The molecule has 0 aromatic heterocycles. The summed E-state index contributed by atoms with van der Waals surface area (Å²) >= 11 is 5.97. The highest BCUT2D eigenvalue weighted by molar-refractivity contribution is 6.30. The number of carbonyl (C=O) groups is 2. The van der Waals surface area contributed by atoms with E-state index in [-0.39, 0.29) is 5.91 Å². The number of rotatable bonds is 6. The number of nitrogens with one attached hydrogen (secondary N) is 1. The molecule has 4 nitrogen and oxygen atoms in total. The first-order chi connectivity index (χ1) is 13.9. The Balaban J connectivity index is 1.88. The maximum Gasteiger partial charge on any atom is 0.328 e. The van der Waals surface area contributed by atoms with Crippen molar-refractivity contribution in [3.05, 3.63) is 100 Å². The van der Waals surface area contributed by atoms with Crippen molar-refractivity contribution in [1.82, 2.24) is 5.32 Å². The van der Waals surface area contributed by atoms with Crippen LogP contribution in [0.4, 0.5) is 0 Å². The zero-order chi connectivity index (χ0) is 20.8. The predicted octanol–water partition coefficient (Wildman–Crippen LogP) is 5.34. The molecule has 0 fully saturated rings. The minimum atomic E-state index is -1.05. The van der Waals surface area contributed by atoms with E-state index in [0.717, 1.165) is 28.3 Å². The van der Waals surface area contributed by atoms with E-state index in [0.29, 0.717) is 22.7 Å². The van der Waals surface area contributed by atoms with Gasteiger partial charge in [-0.2, -0.15) is 0 Å². The molecule has 0 bridgehead atoms. The largest absolute Gasteiger partial charge is 0.478 e. The van der Waals surface area contributed by atoms with Gasteiger partial charge < -0.3 is 10.4 Å². The topological polar surface area (TPSA) is 66.4 Å². The third-order valence-electron chi connectivity index (χ3n) is 4.39. The van der Waals surface area contributed by atoms with Crippen LogP contribution in [0.3, 0.4) is 0 Å². The number of carbonyl (C=O) groups excluding carboxylic acids is 1. The summed E-state index contributed by atoms with van der Waals surface area (Å²) in [5, 5.41) is 12.5. The van der Waals surface area contributed by atoms with E-state index in [1.54, 1.807) is 24.3 Å². The van der Waals surface area contributed by atoms with Crippen molar-refractivity contribution >= 4 is 29.6 Å². The maximum atomic E-state index is 12.7. The second-order valence-electron chi connectivity index (χ2n) is 6.69. The third-order valence-corrected chi connectivity index (χ3v) is 4.64. The molecule has 0 heterocycles. The van der Waals surface area contributed by atoms with Gasteiger partial charge >= 0.3 is 5.97 Å². The Morgan fingerprint density at radius 1 is 0.966 bits per heavy atom. The van der Waals surface area contributed by atoms with Gasteiger partial charge in [-0.05, 0) is 65.6 Å². The number of hydrogen-bond donors (Lipinski definition) is 2. The maximum absolute atomic E-state index is 12.7. The number of aryl methyl sites for hydroxylation is 1. The van der Waals surface area contributed by atoms with Gasteiger partial charge in [-0.25, -0.2) is 4.79 Å². The van der Waals surface area contributed by atoms with Crippen molar-refractivity contribution in [3.8, 4) is 11.1 Å². The molecule has 3 aromatic rings. The van der Waals surface area contributed by atoms with E-state index in [1.165, 1.54) is 6.08 Å². The van der Waals surface area contributed by atoms with E-state index < -0.39 is 5.97 Å². The molecule has 0 aliphatic heterocycles. The number of amides is 1. The average Bonchev–Trinajstić information content (AvgIpc) is 2.72. The summed E-state index contributed by atoms with van der Waals surface area (Å²) < 4.78 is 0. The van der Waals surface area contributed by atoms with Crippen LogP contribution in [-0.4, -0.2) is 17.0 Å². The second kappa shape index (κ2) is 9.22. The van der Waals surface area contributed by atoms with Crippen molar-refractivity contribution in [2.75, 3.05) is 0 Å². The third kappa shape index (κ3) is 5.80. The van der Waals surface area contributed by atoms with Gasteiger partial charge in [0.2, 0.25) is 0 Å². The van der Waals surface area contributed by atoms with Gasteiger partial charge in [0.05, 0.1) is 0 Å². The molecule has 0 aliphatic carbocycles. The highest BCUT2D eigenvalue weighted by Crippen LogP contribution is 2.25. The lowest BCUT2D eigenvalue weighted by Gasteiger charge is -2.10. The van der Waals surface area contributed by atoms with Gasteiger partial charge in [0.1, 0.15) is 0 Å². The van der Waals surface area contributed by atoms with Crippen molar-refractivity contribution < 1.29 is 14.7 Å². The standard InChI is InChI=1S/C24H20ClNO3/c1-16-2-4-17(5-3-16)15-26-24(29)21-13-18(6-11-23(27)28)12-20(14-21)19-7-9-22(25)10-8-19/h2-14H,15H2,1H3,(H,26,29)(H,27,28)/b11-6+. The molecule has 3 rings (SSSR count). The molecule has 0 atom stereocenters. The van der Waals surface area contributed by atoms with Gasteiger partial charge in [0, 0.05) is 23.2 Å². The van der Waals surface area contributed by atoms with Crippen molar-refractivity contribution in [1.29, 1.82) is 0 Å². The van der Waals surface area contributed by atoms with Crippen LogP contribution >= 0.6 is 11.6 Å². The highest BCUT2D eigenvalue weighted by atomic mass is 35.5. The summed E-state index contributed by atoms with van der Waals surface area (Å²) in [6.07, 6.45) is 2.52. The Morgan fingerprint density at radius 2 is 1.66 bits per heavy atom. The first-order valence-corrected chi connectivity index (χ1v) is 9.44. The van der Waals surface area contributed by atoms with Crippen molar-refractivity contribution in [3.63, 3.8) is 0 Å². The van der Waals surface area contributed by atoms with Crippen LogP contribution in [0.2, 0.25) is 5.02 Å². The molecular weight excluding hydrogens is 386 g/mol. The number of aliphatic carboxylic acids is 1. The fourth-order valence-electron chi connectivity index (χ4n) is 2.85. The minimum Gasteiger partial charge on any atom is -0.478 e. The van der Waals surface area contributed by atoms with E-state index in [9.17, 15) is 9.59 Å². The van der Waals surface area contributed by atoms with E-state index in [1.807, 2.05) is 49.4 Å². The van der Waals surface area contributed by atoms with Crippen molar-refractivity contribution in [2.45, 2.75) is 13.5 Å². The molecule has 1 amide bonds. The van der Waals surface area contributed by atoms with E-state index in [2.05, 4.69) is 5.32 Å². The Labute approximate surface area is 174 Å². The highest BCUT2D eigenvalue weighted by Gasteiger charge is 2.10. The molecule has 146 valence electrons. The van der Waals surface area contributed by atoms with Crippen LogP contribution in [0, 0.1) is 6.92 Å². The molecular formula is C24H20ClNO3. The molecule has 0 saturated carbocycles. The molecule has 3 aromatic carbocycles. The first kappa shape index (κ1) is 20.4. The van der Waals surface area contributed by atoms with E-state index in [4.69, 9.17) is 16.7 Å². The van der Waals surface area contributed by atoms with Gasteiger partial charge in [0.15, 0.2) is 0 Å². The summed E-state index contributed by atoms with van der Waals surface area (Å²) in [4.78, 5) is 23.6. The Kier molecular flexibility index (Phi) is 6.47. The summed E-state index contributed by atoms with van der Waals surface area (Å²) in [6.45, 7) is 2.42. The quantitative estimate of drug-likeness (QED) is 0.544. The molecule has 0 aliphatic rings. The molecule has 0 unspecified atom stereocenters. The van der Waals surface area contributed by atoms with Crippen LogP contribution < -0.4 is 5.32 Å². The van der Waals surface area contributed by atoms with Gasteiger partial charge in [0.25, 0.3) is 5.91 Å². The molecule has 5 heteroatoms. The lowest BCUT2D eigenvalue weighted by atomic mass is 9.99. The van der Waals surface area contributed by atoms with Crippen LogP contribution in [0.15, 0.2) is 72.8 Å². The normalized spacial score (nSPS) is 10.8. The summed E-state index contributed by atoms with van der Waals surface area (Å²) in [5.41, 5.74) is 4.92. The average molecular weight is 406 g/mol. The van der Waals surface area contributed by atoms with Crippen LogP contribution in [0.1, 0.15) is 27.0 Å². The first-order valence-electron chi connectivity index (χ1n) is 9.06. The Hall–Kier alpha value is -3.37. The molecule has 0 spiro atoms. The summed E-state index contributed by atoms with van der Waals surface area (Å²) in [6, 6.07) is 20.5. The zero-order valence-electron chi connectivity index (χ0n) is 15.9. The fourth-order valence-corrected chi connectivity index (χ4v) is 2.97. The predicted molar refractivity (Wildman–Crippen MR) is 116 cm³/mol. The van der Waals surface area contributed by atoms with Crippen LogP contribution in [0.5, 0.6) is 0 Å². The minimum absolute atomic E-state index is 0.230. The van der Waals surface area contributed by atoms with Crippen molar-refractivity contribution in [2.24, 2.45) is 0 Å².